The highest BCUT2D eigenvalue weighted by Gasteiger charge is 2.09. The Hall–Kier alpha value is -1.50. The van der Waals surface area contributed by atoms with E-state index in [1.165, 1.54) is 12.1 Å². The summed E-state index contributed by atoms with van der Waals surface area (Å²) in [6.07, 6.45) is 0.693. The fourth-order valence-corrected chi connectivity index (χ4v) is 2.67. The molecule has 0 saturated heterocycles. The van der Waals surface area contributed by atoms with Crippen LogP contribution in [0.25, 0.3) is 0 Å². The number of thiazole rings is 1. The van der Waals surface area contributed by atoms with Gasteiger partial charge in [-0.15, -0.1) is 11.3 Å². The summed E-state index contributed by atoms with van der Waals surface area (Å²) in [6.45, 7) is 1.44. The van der Waals surface area contributed by atoms with Gasteiger partial charge in [0.15, 0.2) is 0 Å². The lowest BCUT2D eigenvalue weighted by molar-refractivity contribution is 0.181. The molecule has 2 rings (SSSR count). The molecule has 0 spiro atoms. The number of benzene rings is 1. The maximum Gasteiger partial charge on any atom is 0.123 e. The highest BCUT2D eigenvalue weighted by Crippen LogP contribution is 2.20. The maximum atomic E-state index is 12.7. The molecule has 1 aromatic heterocycles. The van der Waals surface area contributed by atoms with Crippen LogP contribution in [0.5, 0.6) is 5.75 Å². The van der Waals surface area contributed by atoms with E-state index in [-0.39, 0.29) is 5.82 Å². The highest BCUT2D eigenvalue weighted by molar-refractivity contribution is 7.11. The predicted molar refractivity (Wildman–Crippen MR) is 76.3 cm³/mol. The summed E-state index contributed by atoms with van der Waals surface area (Å²) >= 11 is 1.58. The molecule has 0 fully saturated rings. The lowest BCUT2D eigenvalue weighted by Crippen LogP contribution is -2.01. The van der Waals surface area contributed by atoms with Gasteiger partial charge < -0.3 is 15.2 Å². The second-order valence-corrected chi connectivity index (χ2v) is 5.34. The topological polar surface area (TPSA) is 57.4 Å². The van der Waals surface area contributed by atoms with Crippen LogP contribution in [0.2, 0.25) is 0 Å². The van der Waals surface area contributed by atoms with Crippen LogP contribution in [0, 0.1) is 5.82 Å². The van der Waals surface area contributed by atoms with Crippen molar-refractivity contribution in [2.45, 2.75) is 19.6 Å². The lowest BCUT2D eigenvalue weighted by atomic mass is 10.3. The van der Waals surface area contributed by atoms with Crippen molar-refractivity contribution in [3.05, 3.63) is 45.7 Å². The fraction of sp³-hybridized carbons (Fsp3) is 0.357. The van der Waals surface area contributed by atoms with Crippen molar-refractivity contribution in [3.63, 3.8) is 0 Å². The largest absolute Gasteiger partial charge is 0.493 e. The van der Waals surface area contributed by atoms with E-state index in [2.05, 4.69) is 4.98 Å². The van der Waals surface area contributed by atoms with Gasteiger partial charge in [0.25, 0.3) is 0 Å². The molecule has 0 aliphatic rings. The molecule has 0 amide bonds. The molecule has 108 valence electrons. The standard InChI is InChI=1S/C14H17FN2O2S/c1-18-9-12-13(8-16)20-14(17-12)6-7-19-11-4-2-10(15)3-5-11/h2-5H,6-9,16H2,1H3. The Morgan fingerprint density at radius 3 is 2.70 bits per heavy atom. The molecule has 0 saturated carbocycles. The molecule has 0 radical (unpaired) electrons. The summed E-state index contributed by atoms with van der Waals surface area (Å²) < 4.78 is 23.4. The first-order chi connectivity index (χ1) is 9.72. The van der Waals surface area contributed by atoms with Crippen LogP contribution in [-0.4, -0.2) is 18.7 Å². The SMILES string of the molecule is COCc1nc(CCOc2ccc(F)cc2)sc1CN. The van der Waals surface area contributed by atoms with Crippen LogP contribution in [0.15, 0.2) is 24.3 Å². The van der Waals surface area contributed by atoms with Crippen molar-refractivity contribution in [1.82, 2.24) is 4.98 Å². The van der Waals surface area contributed by atoms with E-state index >= 15 is 0 Å². The van der Waals surface area contributed by atoms with Crippen molar-refractivity contribution in [2.75, 3.05) is 13.7 Å². The third kappa shape index (κ3) is 4.00. The molecule has 0 aliphatic carbocycles. The van der Waals surface area contributed by atoms with Gasteiger partial charge in [-0.1, -0.05) is 0 Å². The van der Waals surface area contributed by atoms with Crippen molar-refractivity contribution >= 4 is 11.3 Å². The van der Waals surface area contributed by atoms with E-state index in [1.807, 2.05) is 0 Å². The van der Waals surface area contributed by atoms with Crippen molar-refractivity contribution in [1.29, 1.82) is 0 Å². The lowest BCUT2D eigenvalue weighted by Gasteiger charge is -2.04. The van der Waals surface area contributed by atoms with Gasteiger partial charge in [0.2, 0.25) is 0 Å². The molecule has 2 N–H and O–H groups in total. The second kappa shape index (κ2) is 7.33. The van der Waals surface area contributed by atoms with E-state index in [0.717, 1.165) is 15.6 Å². The van der Waals surface area contributed by atoms with E-state index in [9.17, 15) is 4.39 Å². The second-order valence-electron chi connectivity index (χ2n) is 4.17. The number of hydrogen-bond acceptors (Lipinski definition) is 5. The molecule has 6 heteroatoms. The zero-order chi connectivity index (χ0) is 14.4. The molecule has 0 unspecified atom stereocenters. The number of hydrogen-bond donors (Lipinski definition) is 1. The quantitative estimate of drug-likeness (QED) is 0.853. The summed E-state index contributed by atoms with van der Waals surface area (Å²) in [5.74, 6) is 0.383. The molecule has 0 atom stereocenters. The first-order valence-corrected chi connectivity index (χ1v) is 7.09. The van der Waals surface area contributed by atoms with Gasteiger partial charge in [-0.3, -0.25) is 0 Å². The summed E-state index contributed by atoms with van der Waals surface area (Å²) in [6, 6.07) is 5.97. The third-order valence-electron chi connectivity index (χ3n) is 2.69. The number of halogens is 1. The summed E-state index contributed by atoms with van der Waals surface area (Å²) in [7, 11) is 1.64. The van der Waals surface area contributed by atoms with Gasteiger partial charge in [0.1, 0.15) is 11.6 Å². The summed E-state index contributed by atoms with van der Waals surface area (Å²) in [4.78, 5) is 5.53. The normalized spacial score (nSPS) is 10.8. The number of aromatic nitrogens is 1. The molecule has 1 heterocycles. The molecule has 0 aliphatic heterocycles. The van der Waals surface area contributed by atoms with Crippen LogP contribution < -0.4 is 10.5 Å². The monoisotopic (exact) mass is 296 g/mol. The summed E-state index contributed by atoms with van der Waals surface area (Å²) in [5, 5.41) is 0.972. The Kier molecular flexibility index (Phi) is 5.46. The zero-order valence-electron chi connectivity index (χ0n) is 11.3. The first kappa shape index (κ1) is 14.9. The highest BCUT2D eigenvalue weighted by atomic mass is 32.1. The van der Waals surface area contributed by atoms with E-state index < -0.39 is 0 Å². The Morgan fingerprint density at radius 2 is 2.05 bits per heavy atom. The number of rotatable bonds is 7. The van der Waals surface area contributed by atoms with Crippen LogP contribution in [-0.2, 0) is 24.3 Å². The molecular formula is C14H17FN2O2S. The van der Waals surface area contributed by atoms with Gasteiger partial charge in [-0.05, 0) is 24.3 Å². The van der Waals surface area contributed by atoms with Gasteiger partial charge in [0.05, 0.1) is 23.9 Å². The number of methoxy groups -OCH3 is 1. The zero-order valence-corrected chi connectivity index (χ0v) is 12.1. The molecular weight excluding hydrogens is 279 g/mol. The number of nitrogens with zero attached hydrogens (tertiary/aromatic N) is 1. The Balaban J connectivity index is 1.89. The van der Waals surface area contributed by atoms with Gasteiger partial charge in [-0.2, -0.15) is 0 Å². The van der Waals surface area contributed by atoms with Crippen LogP contribution in [0.3, 0.4) is 0 Å². The van der Waals surface area contributed by atoms with Gasteiger partial charge >= 0.3 is 0 Å². The molecule has 4 nitrogen and oxygen atoms in total. The van der Waals surface area contributed by atoms with E-state index in [1.54, 1.807) is 30.6 Å². The Labute approximate surface area is 121 Å². The smallest absolute Gasteiger partial charge is 0.123 e. The Morgan fingerprint density at radius 1 is 1.30 bits per heavy atom. The minimum Gasteiger partial charge on any atom is -0.493 e. The first-order valence-electron chi connectivity index (χ1n) is 6.27. The van der Waals surface area contributed by atoms with Gasteiger partial charge in [0, 0.05) is 25.0 Å². The van der Waals surface area contributed by atoms with Crippen molar-refractivity contribution < 1.29 is 13.9 Å². The molecule has 1 aromatic carbocycles. The predicted octanol–water partition coefficient (Wildman–Crippen LogP) is 2.51. The molecule has 20 heavy (non-hydrogen) atoms. The fourth-order valence-electron chi connectivity index (χ4n) is 1.74. The van der Waals surface area contributed by atoms with Crippen molar-refractivity contribution in [3.8, 4) is 5.75 Å². The maximum absolute atomic E-state index is 12.7. The van der Waals surface area contributed by atoms with E-state index in [4.69, 9.17) is 15.2 Å². The molecule has 0 bridgehead atoms. The Bertz CT molecular complexity index is 543. The minimum absolute atomic E-state index is 0.269. The van der Waals surface area contributed by atoms with Crippen molar-refractivity contribution in [2.24, 2.45) is 5.73 Å². The van der Waals surface area contributed by atoms with E-state index in [0.29, 0.717) is 31.9 Å². The molecule has 2 aromatic rings. The van der Waals surface area contributed by atoms with Crippen LogP contribution in [0.4, 0.5) is 4.39 Å². The van der Waals surface area contributed by atoms with Crippen LogP contribution in [0.1, 0.15) is 15.6 Å². The summed E-state index contributed by atoms with van der Waals surface area (Å²) in [5.41, 5.74) is 6.58. The van der Waals surface area contributed by atoms with Gasteiger partial charge in [-0.25, -0.2) is 9.37 Å². The average Bonchev–Trinajstić information content (AvgIpc) is 2.84. The number of nitrogens with two attached hydrogens (primary N) is 1. The van der Waals surface area contributed by atoms with Crippen LogP contribution >= 0.6 is 11.3 Å². The number of ether oxygens (including phenoxy) is 2. The third-order valence-corrected chi connectivity index (χ3v) is 3.87. The average molecular weight is 296 g/mol. The minimum atomic E-state index is -0.269.